The molecule has 8 nitrogen and oxygen atoms in total. The second kappa shape index (κ2) is 8.39. The number of fused-ring (bicyclic) bond motifs is 1. The smallest absolute Gasteiger partial charge is 0.271 e. The van der Waals surface area contributed by atoms with Gasteiger partial charge in [0.2, 0.25) is 18.3 Å². The van der Waals surface area contributed by atoms with Gasteiger partial charge in [0, 0.05) is 29.1 Å². The first-order valence-corrected chi connectivity index (χ1v) is 8.51. The van der Waals surface area contributed by atoms with Crippen LogP contribution in [0.1, 0.15) is 34.8 Å². The molecule has 0 saturated carbocycles. The minimum atomic E-state index is -0.336. The fraction of sp³-hybridized carbons (Fsp3) is 0.316. The number of benzene rings is 1. The predicted octanol–water partition coefficient (Wildman–Crippen LogP) is 2.54. The molecule has 1 aromatic carbocycles. The molecular weight excluding hydrogens is 350 g/mol. The lowest BCUT2D eigenvalue weighted by Crippen LogP contribution is -2.17. The summed E-state index contributed by atoms with van der Waals surface area (Å²) in [5, 5.41) is 4.09. The normalized spacial score (nSPS) is 12.3. The first-order valence-electron chi connectivity index (χ1n) is 8.51. The van der Waals surface area contributed by atoms with Crippen LogP contribution in [0.15, 0.2) is 29.6 Å². The number of amides is 1. The molecule has 2 aromatic rings. The highest BCUT2D eigenvalue weighted by Crippen LogP contribution is 2.51. The molecule has 3 rings (SSSR count). The van der Waals surface area contributed by atoms with Crippen LogP contribution < -0.4 is 24.4 Å². The highest BCUT2D eigenvalue weighted by atomic mass is 16.7. The van der Waals surface area contributed by atoms with Crippen molar-refractivity contribution >= 4 is 12.1 Å². The van der Waals surface area contributed by atoms with Crippen molar-refractivity contribution in [3.8, 4) is 23.0 Å². The molecule has 0 saturated heterocycles. The molecule has 27 heavy (non-hydrogen) atoms. The van der Waals surface area contributed by atoms with E-state index in [9.17, 15) is 4.79 Å². The minimum Gasteiger partial charge on any atom is -0.492 e. The number of carbonyl (C=O) groups is 1. The number of nitrogens with zero attached hydrogens (tertiary/aromatic N) is 2. The van der Waals surface area contributed by atoms with Crippen molar-refractivity contribution in [3.05, 3.63) is 41.2 Å². The first kappa shape index (κ1) is 18.5. The van der Waals surface area contributed by atoms with Crippen molar-refractivity contribution in [2.45, 2.75) is 19.8 Å². The van der Waals surface area contributed by atoms with Crippen molar-refractivity contribution in [1.82, 2.24) is 10.4 Å². The molecule has 0 aliphatic carbocycles. The predicted molar refractivity (Wildman–Crippen MR) is 99.0 cm³/mol. The Kier molecular flexibility index (Phi) is 5.75. The summed E-state index contributed by atoms with van der Waals surface area (Å²) in [6.45, 7) is 2.15. The van der Waals surface area contributed by atoms with Crippen LogP contribution in [0.25, 0.3) is 0 Å². The van der Waals surface area contributed by atoms with E-state index >= 15 is 0 Å². The molecule has 8 heteroatoms. The fourth-order valence-electron chi connectivity index (χ4n) is 2.91. The molecule has 1 amide bonds. The van der Waals surface area contributed by atoms with Crippen molar-refractivity contribution in [3.63, 3.8) is 0 Å². The van der Waals surface area contributed by atoms with Crippen molar-refractivity contribution in [2.24, 2.45) is 5.10 Å². The number of hydrogen-bond donors (Lipinski definition) is 1. The third-order valence-corrected chi connectivity index (χ3v) is 4.08. The van der Waals surface area contributed by atoms with Gasteiger partial charge in [0.1, 0.15) is 0 Å². The standard InChI is InChI=1S/C19H21N3O5/c1-4-5-13-14(10-21-22-19(23)12-6-8-20-9-7-12)16(25-3)18-17(15(13)24-2)26-11-27-18/h6-10H,4-5,11H2,1-3H3,(H,22,23). The molecule has 0 spiro atoms. The Bertz CT molecular complexity index is 852. The van der Waals surface area contributed by atoms with Crippen LogP contribution in [0.5, 0.6) is 23.0 Å². The molecule has 142 valence electrons. The van der Waals surface area contributed by atoms with E-state index in [2.05, 4.69) is 22.4 Å². The van der Waals surface area contributed by atoms with Gasteiger partial charge in [-0.2, -0.15) is 5.10 Å². The van der Waals surface area contributed by atoms with Gasteiger partial charge in [-0.15, -0.1) is 0 Å². The lowest BCUT2D eigenvalue weighted by Gasteiger charge is -2.17. The van der Waals surface area contributed by atoms with Crippen LogP contribution in [0.4, 0.5) is 0 Å². The Labute approximate surface area is 157 Å². The maximum absolute atomic E-state index is 12.2. The number of pyridine rings is 1. The molecule has 1 N–H and O–H groups in total. The van der Waals surface area contributed by atoms with Crippen molar-refractivity contribution < 1.29 is 23.7 Å². The van der Waals surface area contributed by atoms with Gasteiger partial charge < -0.3 is 18.9 Å². The van der Waals surface area contributed by atoms with Gasteiger partial charge in [-0.1, -0.05) is 13.3 Å². The maximum atomic E-state index is 12.2. The van der Waals surface area contributed by atoms with E-state index in [-0.39, 0.29) is 12.7 Å². The third kappa shape index (κ3) is 3.64. The summed E-state index contributed by atoms with van der Waals surface area (Å²) >= 11 is 0. The van der Waals surface area contributed by atoms with Gasteiger partial charge in [0.15, 0.2) is 11.5 Å². The molecule has 0 radical (unpaired) electrons. The number of hydrazone groups is 1. The number of nitrogens with one attached hydrogen (secondary N) is 1. The number of methoxy groups -OCH3 is 2. The summed E-state index contributed by atoms with van der Waals surface area (Å²) in [5.41, 5.74) is 4.53. The first-order chi connectivity index (χ1) is 13.2. The zero-order valence-electron chi connectivity index (χ0n) is 15.4. The summed E-state index contributed by atoms with van der Waals surface area (Å²) in [4.78, 5) is 16.0. The van der Waals surface area contributed by atoms with Crippen LogP contribution in [0.3, 0.4) is 0 Å². The zero-order chi connectivity index (χ0) is 19.2. The average molecular weight is 371 g/mol. The number of hydrogen-bond acceptors (Lipinski definition) is 7. The van der Waals surface area contributed by atoms with Gasteiger partial charge in [-0.05, 0) is 18.6 Å². The van der Waals surface area contributed by atoms with E-state index < -0.39 is 0 Å². The molecule has 1 aliphatic heterocycles. The zero-order valence-corrected chi connectivity index (χ0v) is 15.4. The van der Waals surface area contributed by atoms with Crippen LogP contribution >= 0.6 is 0 Å². The Morgan fingerprint density at radius 3 is 2.52 bits per heavy atom. The lowest BCUT2D eigenvalue weighted by atomic mass is 10.00. The minimum absolute atomic E-state index is 0.0903. The third-order valence-electron chi connectivity index (χ3n) is 4.08. The van der Waals surface area contributed by atoms with E-state index in [1.54, 1.807) is 38.7 Å². The molecule has 0 fully saturated rings. The summed E-state index contributed by atoms with van der Waals surface area (Å²) < 4.78 is 22.2. The molecular formula is C19H21N3O5. The summed E-state index contributed by atoms with van der Waals surface area (Å²) in [6.07, 6.45) is 6.22. The monoisotopic (exact) mass is 371 g/mol. The summed E-state index contributed by atoms with van der Waals surface area (Å²) in [6, 6.07) is 3.22. The van der Waals surface area contributed by atoms with E-state index in [1.165, 1.54) is 6.21 Å². The van der Waals surface area contributed by atoms with Crippen LogP contribution in [-0.2, 0) is 6.42 Å². The lowest BCUT2D eigenvalue weighted by molar-refractivity contribution is 0.0955. The quantitative estimate of drug-likeness (QED) is 0.594. The van der Waals surface area contributed by atoms with E-state index in [4.69, 9.17) is 18.9 Å². The highest BCUT2D eigenvalue weighted by Gasteiger charge is 2.30. The van der Waals surface area contributed by atoms with Crippen molar-refractivity contribution in [1.29, 1.82) is 0 Å². The van der Waals surface area contributed by atoms with Crippen LogP contribution in [-0.4, -0.2) is 38.1 Å². The van der Waals surface area contributed by atoms with Crippen LogP contribution in [0, 0.1) is 0 Å². The Balaban J connectivity index is 1.97. The molecule has 0 atom stereocenters. The molecule has 2 heterocycles. The largest absolute Gasteiger partial charge is 0.492 e. The van der Waals surface area contributed by atoms with E-state index in [0.29, 0.717) is 34.1 Å². The second-order valence-corrected chi connectivity index (χ2v) is 5.71. The molecule has 1 aromatic heterocycles. The Hall–Kier alpha value is -3.29. The number of aromatic nitrogens is 1. The fourth-order valence-corrected chi connectivity index (χ4v) is 2.91. The number of carbonyl (C=O) groups excluding carboxylic acids is 1. The topological polar surface area (TPSA) is 91.3 Å². The summed E-state index contributed by atoms with van der Waals surface area (Å²) in [7, 11) is 3.13. The number of ether oxygens (including phenoxy) is 4. The van der Waals surface area contributed by atoms with Crippen LogP contribution in [0.2, 0.25) is 0 Å². The molecule has 0 bridgehead atoms. The molecule has 1 aliphatic rings. The van der Waals surface area contributed by atoms with E-state index in [1.807, 2.05) is 0 Å². The average Bonchev–Trinajstić information content (AvgIpc) is 3.18. The second-order valence-electron chi connectivity index (χ2n) is 5.71. The van der Waals surface area contributed by atoms with Crippen molar-refractivity contribution in [2.75, 3.05) is 21.0 Å². The molecule has 0 unspecified atom stereocenters. The number of rotatable bonds is 7. The highest BCUT2D eigenvalue weighted by molar-refractivity contribution is 5.96. The Morgan fingerprint density at radius 1 is 1.22 bits per heavy atom. The van der Waals surface area contributed by atoms with E-state index in [0.717, 1.165) is 18.4 Å². The van der Waals surface area contributed by atoms with Gasteiger partial charge in [0.25, 0.3) is 5.91 Å². The SMILES string of the molecule is CCCc1c(C=NNC(=O)c2ccncc2)c(OC)c2c(c1OC)OCO2. The van der Waals surface area contributed by atoms with Gasteiger partial charge in [-0.25, -0.2) is 5.43 Å². The van der Waals surface area contributed by atoms with Gasteiger partial charge >= 0.3 is 0 Å². The van der Waals surface area contributed by atoms with Gasteiger partial charge in [-0.3, -0.25) is 9.78 Å². The van der Waals surface area contributed by atoms with Gasteiger partial charge in [0.05, 0.1) is 20.4 Å². The summed E-state index contributed by atoms with van der Waals surface area (Å²) in [5.74, 6) is 1.74. The Morgan fingerprint density at radius 2 is 1.89 bits per heavy atom. The maximum Gasteiger partial charge on any atom is 0.271 e.